The van der Waals surface area contributed by atoms with Crippen molar-refractivity contribution >= 4 is 16.3 Å². The highest BCUT2D eigenvalue weighted by Crippen LogP contribution is 2.26. The zero-order chi connectivity index (χ0) is 8.77. The molecule has 0 spiro atoms. The van der Waals surface area contributed by atoms with Crippen molar-refractivity contribution in [2.24, 2.45) is 0 Å². The molecular formula is C8H11N3S. The lowest BCUT2D eigenvalue weighted by Gasteiger charge is -2.12. The van der Waals surface area contributed by atoms with Crippen LogP contribution in [-0.4, -0.2) is 14.6 Å². The molecule has 12 heavy (non-hydrogen) atoms. The SMILES string of the molecule is CC(C)(C)c1nn2ccnc2s1. The van der Waals surface area contributed by atoms with Crippen molar-refractivity contribution in [3.8, 4) is 0 Å². The van der Waals surface area contributed by atoms with E-state index in [9.17, 15) is 0 Å². The van der Waals surface area contributed by atoms with Crippen molar-refractivity contribution in [3.63, 3.8) is 0 Å². The van der Waals surface area contributed by atoms with Gasteiger partial charge in [0.15, 0.2) is 0 Å². The molecule has 2 heterocycles. The lowest BCUT2D eigenvalue weighted by molar-refractivity contribution is 0.574. The molecule has 0 fully saturated rings. The molecule has 0 aliphatic heterocycles. The number of rotatable bonds is 0. The van der Waals surface area contributed by atoms with Crippen molar-refractivity contribution in [2.45, 2.75) is 26.2 Å². The highest BCUT2D eigenvalue weighted by molar-refractivity contribution is 7.16. The van der Waals surface area contributed by atoms with Crippen molar-refractivity contribution < 1.29 is 0 Å². The molecule has 0 aromatic carbocycles. The largest absolute Gasteiger partial charge is 0.226 e. The summed E-state index contributed by atoms with van der Waals surface area (Å²) in [5, 5.41) is 5.55. The Bertz CT molecular complexity index is 365. The molecule has 0 aliphatic rings. The minimum absolute atomic E-state index is 0.130. The van der Waals surface area contributed by atoms with Gasteiger partial charge in [0.05, 0.1) is 6.20 Å². The van der Waals surface area contributed by atoms with E-state index < -0.39 is 0 Å². The maximum atomic E-state index is 4.42. The summed E-state index contributed by atoms with van der Waals surface area (Å²) in [7, 11) is 0. The summed E-state index contributed by atoms with van der Waals surface area (Å²) in [4.78, 5) is 5.14. The van der Waals surface area contributed by atoms with Crippen LogP contribution in [0.3, 0.4) is 0 Å². The van der Waals surface area contributed by atoms with Crippen LogP contribution in [0.15, 0.2) is 12.4 Å². The van der Waals surface area contributed by atoms with Crippen LogP contribution < -0.4 is 0 Å². The predicted octanol–water partition coefficient (Wildman–Crippen LogP) is 2.09. The van der Waals surface area contributed by atoms with Crippen molar-refractivity contribution in [2.75, 3.05) is 0 Å². The van der Waals surface area contributed by atoms with Crippen LogP contribution in [-0.2, 0) is 5.41 Å². The maximum absolute atomic E-state index is 4.42. The van der Waals surface area contributed by atoms with Gasteiger partial charge >= 0.3 is 0 Å². The lowest BCUT2D eigenvalue weighted by Crippen LogP contribution is -2.10. The van der Waals surface area contributed by atoms with E-state index in [0.29, 0.717) is 0 Å². The fraction of sp³-hybridized carbons (Fsp3) is 0.500. The molecule has 64 valence electrons. The Labute approximate surface area is 75.1 Å². The first-order chi connectivity index (χ1) is 5.57. The third-order valence-corrected chi connectivity index (χ3v) is 2.98. The number of hydrogen-bond donors (Lipinski definition) is 0. The summed E-state index contributed by atoms with van der Waals surface area (Å²) < 4.78 is 1.82. The number of imidazole rings is 1. The zero-order valence-corrected chi connectivity index (χ0v) is 8.22. The predicted molar refractivity (Wildman–Crippen MR) is 49.6 cm³/mol. The Balaban J connectivity index is 2.59. The Morgan fingerprint density at radius 2 is 2.17 bits per heavy atom. The molecule has 2 aromatic rings. The number of hydrogen-bond acceptors (Lipinski definition) is 3. The summed E-state index contributed by atoms with van der Waals surface area (Å²) in [6.45, 7) is 6.47. The molecule has 0 amide bonds. The van der Waals surface area contributed by atoms with Crippen LogP contribution >= 0.6 is 11.3 Å². The Kier molecular flexibility index (Phi) is 1.48. The standard InChI is InChI=1S/C8H11N3S/c1-8(2,3)6-10-11-5-4-9-7(11)12-6/h4-5H,1-3H3. The molecule has 3 nitrogen and oxygen atoms in total. The van der Waals surface area contributed by atoms with Crippen LogP contribution in [0.2, 0.25) is 0 Å². The van der Waals surface area contributed by atoms with E-state index in [0.717, 1.165) is 9.97 Å². The molecule has 2 rings (SSSR count). The molecular weight excluding hydrogens is 170 g/mol. The van der Waals surface area contributed by atoms with Crippen LogP contribution in [0.1, 0.15) is 25.8 Å². The molecule has 0 saturated carbocycles. The molecule has 0 aliphatic carbocycles. The average molecular weight is 181 g/mol. The highest BCUT2D eigenvalue weighted by Gasteiger charge is 2.19. The summed E-state index contributed by atoms with van der Waals surface area (Å²) in [6, 6.07) is 0. The lowest BCUT2D eigenvalue weighted by atomic mass is 9.98. The van der Waals surface area contributed by atoms with Gasteiger partial charge in [0.1, 0.15) is 5.01 Å². The van der Waals surface area contributed by atoms with Gasteiger partial charge in [0, 0.05) is 11.6 Å². The van der Waals surface area contributed by atoms with Gasteiger partial charge in [-0.25, -0.2) is 9.50 Å². The van der Waals surface area contributed by atoms with E-state index in [1.165, 1.54) is 0 Å². The molecule has 2 aromatic heterocycles. The summed E-state index contributed by atoms with van der Waals surface area (Å²) in [5.41, 5.74) is 0.130. The van der Waals surface area contributed by atoms with Crippen molar-refractivity contribution in [1.82, 2.24) is 14.6 Å². The minimum atomic E-state index is 0.130. The van der Waals surface area contributed by atoms with E-state index in [1.807, 2.05) is 10.7 Å². The zero-order valence-electron chi connectivity index (χ0n) is 7.40. The topological polar surface area (TPSA) is 30.2 Å². The Morgan fingerprint density at radius 1 is 1.42 bits per heavy atom. The molecule has 0 saturated heterocycles. The summed E-state index contributed by atoms with van der Waals surface area (Å²) in [5.74, 6) is 0. The van der Waals surface area contributed by atoms with Gasteiger partial charge in [-0.1, -0.05) is 32.1 Å². The smallest absolute Gasteiger partial charge is 0.212 e. The first-order valence-electron chi connectivity index (χ1n) is 3.88. The number of nitrogens with zero attached hydrogens (tertiary/aromatic N) is 3. The second-order valence-corrected chi connectivity index (χ2v) is 4.77. The van der Waals surface area contributed by atoms with Crippen LogP contribution in [0, 0.1) is 0 Å². The van der Waals surface area contributed by atoms with E-state index in [-0.39, 0.29) is 5.41 Å². The second kappa shape index (κ2) is 2.29. The molecule has 0 bridgehead atoms. The molecule has 0 unspecified atom stereocenters. The summed E-state index contributed by atoms with van der Waals surface area (Å²) in [6.07, 6.45) is 3.65. The third kappa shape index (κ3) is 1.12. The average Bonchev–Trinajstić information content (AvgIpc) is 2.37. The van der Waals surface area contributed by atoms with Gasteiger partial charge in [-0.15, -0.1) is 0 Å². The van der Waals surface area contributed by atoms with Gasteiger partial charge in [0.25, 0.3) is 0 Å². The van der Waals surface area contributed by atoms with Gasteiger partial charge < -0.3 is 0 Å². The van der Waals surface area contributed by atoms with Crippen molar-refractivity contribution in [1.29, 1.82) is 0 Å². The molecule has 0 radical (unpaired) electrons. The fourth-order valence-corrected chi connectivity index (χ4v) is 1.86. The fourth-order valence-electron chi connectivity index (χ4n) is 0.940. The first-order valence-corrected chi connectivity index (χ1v) is 4.70. The van der Waals surface area contributed by atoms with Gasteiger partial charge in [-0.05, 0) is 0 Å². The second-order valence-electron chi connectivity index (χ2n) is 3.81. The van der Waals surface area contributed by atoms with E-state index >= 15 is 0 Å². The van der Waals surface area contributed by atoms with E-state index in [2.05, 4.69) is 30.9 Å². The monoisotopic (exact) mass is 181 g/mol. The number of fused-ring (bicyclic) bond motifs is 1. The Morgan fingerprint density at radius 3 is 2.75 bits per heavy atom. The normalized spacial score (nSPS) is 12.6. The van der Waals surface area contributed by atoms with Gasteiger partial charge in [0.2, 0.25) is 4.96 Å². The van der Waals surface area contributed by atoms with E-state index in [1.54, 1.807) is 17.5 Å². The Hall–Kier alpha value is -0.900. The minimum Gasteiger partial charge on any atom is -0.226 e. The first kappa shape index (κ1) is 7.73. The molecule has 0 atom stereocenters. The molecule has 4 heteroatoms. The van der Waals surface area contributed by atoms with Crippen LogP contribution in [0.5, 0.6) is 0 Å². The third-order valence-electron chi connectivity index (χ3n) is 1.62. The molecule has 0 N–H and O–H groups in total. The quantitative estimate of drug-likeness (QED) is 0.623. The van der Waals surface area contributed by atoms with Gasteiger partial charge in [-0.3, -0.25) is 0 Å². The van der Waals surface area contributed by atoms with Gasteiger partial charge in [-0.2, -0.15) is 5.10 Å². The highest BCUT2D eigenvalue weighted by atomic mass is 32.1. The summed E-state index contributed by atoms with van der Waals surface area (Å²) >= 11 is 1.65. The maximum Gasteiger partial charge on any atom is 0.212 e. The van der Waals surface area contributed by atoms with E-state index in [4.69, 9.17) is 0 Å². The van der Waals surface area contributed by atoms with Crippen LogP contribution in [0.25, 0.3) is 4.96 Å². The van der Waals surface area contributed by atoms with Crippen molar-refractivity contribution in [3.05, 3.63) is 17.4 Å². The number of aromatic nitrogens is 3. The van der Waals surface area contributed by atoms with Crippen LogP contribution in [0.4, 0.5) is 0 Å².